The van der Waals surface area contributed by atoms with E-state index in [1.54, 1.807) is 0 Å². The largest absolute Gasteiger partial charge is 1.00 e. The van der Waals surface area contributed by atoms with Gasteiger partial charge in [0, 0.05) is 0 Å². The molecule has 0 aromatic heterocycles. The molecule has 122 valence electrons. The van der Waals surface area contributed by atoms with Gasteiger partial charge in [-0.05, 0) is 25.3 Å². The molecule has 0 aliphatic heterocycles. The molecular weight excluding hydrogens is 266 g/mol. The van der Waals surface area contributed by atoms with Gasteiger partial charge in [-0.2, -0.15) is 0 Å². The zero-order valence-corrected chi connectivity index (χ0v) is 15.2. The monoisotopic (exact) mass is 303 g/mol. The quantitative estimate of drug-likeness (QED) is 0.362. The molecule has 0 amide bonds. The van der Waals surface area contributed by atoms with Crippen molar-refractivity contribution in [3.05, 3.63) is 12.3 Å². The van der Waals surface area contributed by atoms with Crippen LogP contribution in [-0.2, 0) is 0 Å². The van der Waals surface area contributed by atoms with Gasteiger partial charge in [0.2, 0.25) is 0 Å². The molecule has 20 heavy (non-hydrogen) atoms. The number of halogens is 1. The van der Waals surface area contributed by atoms with Gasteiger partial charge in [-0.3, -0.25) is 0 Å². The second-order valence-electron chi connectivity index (χ2n) is 6.48. The van der Waals surface area contributed by atoms with Gasteiger partial charge in [0.25, 0.3) is 0 Å². The van der Waals surface area contributed by atoms with Crippen molar-refractivity contribution in [2.45, 2.75) is 84.5 Å². The predicted octanol–water partition coefficient (Wildman–Crippen LogP) is 2.91. The van der Waals surface area contributed by atoms with Crippen LogP contribution in [0.5, 0.6) is 0 Å². The van der Waals surface area contributed by atoms with Crippen LogP contribution >= 0.6 is 0 Å². The Bertz CT molecular complexity index is 211. The molecule has 0 aliphatic carbocycles. The normalized spacial score (nSPS) is 11.8. The summed E-state index contributed by atoms with van der Waals surface area (Å²) in [7, 11) is 4.61. The second-order valence-corrected chi connectivity index (χ2v) is 6.48. The molecule has 0 heterocycles. The Kier molecular flexibility index (Phi) is 17.1. The van der Waals surface area contributed by atoms with Gasteiger partial charge >= 0.3 is 0 Å². The predicted molar refractivity (Wildman–Crippen MR) is 88.3 cm³/mol. The standard InChI is InChI=1S/C18H38N.ClH/c1-5-7-9-10-11-12-13-14-15-16-18-19(3,4)17-8-6-2;/h8,17H,5-7,9-16,18H2,1-4H3;1H/q+1;/p-1. The highest BCUT2D eigenvalue weighted by Gasteiger charge is 2.09. The molecule has 0 aromatic rings. The van der Waals surface area contributed by atoms with E-state index in [-0.39, 0.29) is 12.4 Å². The highest BCUT2D eigenvalue weighted by atomic mass is 35.5. The number of hydrogen-bond acceptors (Lipinski definition) is 0. The van der Waals surface area contributed by atoms with Gasteiger partial charge in [-0.15, -0.1) is 0 Å². The lowest BCUT2D eigenvalue weighted by Gasteiger charge is -2.24. The molecule has 0 N–H and O–H groups in total. The smallest absolute Gasteiger partial charge is 0.0913 e. The SMILES string of the molecule is CCC=C[N+](C)(C)CCCCCCCCCCCC.[Cl-]. The van der Waals surface area contributed by atoms with E-state index < -0.39 is 0 Å². The first-order chi connectivity index (χ1) is 9.12. The van der Waals surface area contributed by atoms with Crippen molar-refractivity contribution >= 4 is 0 Å². The number of quaternary nitrogens is 1. The summed E-state index contributed by atoms with van der Waals surface area (Å²) in [6.45, 7) is 5.78. The minimum absolute atomic E-state index is 0. The van der Waals surface area contributed by atoms with Crippen molar-refractivity contribution in [2.75, 3.05) is 20.6 Å². The van der Waals surface area contributed by atoms with Crippen LogP contribution in [0.4, 0.5) is 0 Å². The first-order valence-electron chi connectivity index (χ1n) is 8.62. The molecule has 0 saturated heterocycles. The van der Waals surface area contributed by atoms with E-state index in [9.17, 15) is 0 Å². The molecule has 1 nitrogen and oxygen atoms in total. The minimum atomic E-state index is 0. The van der Waals surface area contributed by atoms with Crippen LogP contribution in [0.1, 0.15) is 84.5 Å². The molecular formula is C18H38ClN. The van der Waals surface area contributed by atoms with Crippen molar-refractivity contribution in [1.29, 1.82) is 0 Å². The number of allylic oxidation sites excluding steroid dienone is 1. The first-order valence-corrected chi connectivity index (χ1v) is 8.62. The molecule has 0 rings (SSSR count). The summed E-state index contributed by atoms with van der Waals surface area (Å²) in [5.74, 6) is 0. The molecule has 0 aromatic carbocycles. The molecule has 0 aliphatic rings. The highest BCUT2D eigenvalue weighted by Crippen LogP contribution is 2.11. The Balaban J connectivity index is 0. The third-order valence-corrected chi connectivity index (χ3v) is 3.83. The maximum absolute atomic E-state index is 2.34. The molecule has 0 bridgehead atoms. The Labute approximate surface area is 134 Å². The second kappa shape index (κ2) is 15.4. The van der Waals surface area contributed by atoms with Crippen LogP contribution in [0.25, 0.3) is 0 Å². The third kappa shape index (κ3) is 16.0. The molecule has 0 radical (unpaired) electrons. The average Bonchev–Trinajstić information content (AvgIpc) is 2.38. The summed E-state index contributed by atoms with van der Waals surface area (Å²) >= 11 is 0. The van der Waals surface area contributed by atoms with Crippen LogP contribution in [0.15, 0.2) is 12.3 Å². The van der Waals surface area contributed by atoms with Crippen LogP contribution in [0.2, 0.25) is 0 Å². The van der Waals surface area contributed by atoms with Crippen molar-refractivity contribution < 1.29 is 16.9 Å². The van der Waals surface area contributed by atoms with Crippen LogP contribution in [-0.4, -0.2) is 25.1 Å². The van der Waals surface area contributed by atoms with Crippen molar-refractivity contribution in [3.8, 4) is 0 Å². The van der Waals surface area contributed by atoms with E-state index in [4.69, 9.17) is 0 Å². The zero-order valence-electron chi connectivity index (χ0n) is 14.5. The van der Waals surface area contributed by atoms with Crippen molar-refractivity contribution in [1.82, 2.24) is 0 Å². The van der Waals surface area contributed by atoms with E-state index in [2.05, 4.69) is 40.2 Å². The number of unbranched alkanes of at least 4 members (excludes halogenated alkanes) is 9. The molecule has 0 spiro atoms. The van der Waals surface area contributed by atoms with E-state index in [0.29, 0.717) is 0 Å². The zero-order chi connectivity index (χ0) is 14.4. The average molecular weight is 304 g/mol. The lowest BCUT2D eigenvalue weighted by atomic mass is 10.1. The fourth-order valence-corrected chi connectivity index (χ4v) is 2.47. The molecule has 0 unspecified atom stereocenters. The Morgan fingerprint density at radius 1 is 0.700 bits per heavy atom. The van der Waals surface area contributed by atoms with Gasteiger partial charge in [0.1, 0.15) is 0 Å². The van der Waals surface area contributed by atoms with Gasteiger partial charge in [0.15, 0.2) is 0 Å². The van der Waals surface area contributed by atoms with Gasteiger partial charge < -0.3 is 16.9 Å². The fourth-order valence-electron chi connectivity index (χ4n) is 2.47. The first kappa shape index (κ1) is 22.3. The molecule has 0 fully saturated rings. The van der Waals surface area contributed by atoms with E-state index >= 15 is 0 Å². The maximum atomic E-state index is 2.34. The Morgan fingerprint density at radius 2 is 1.15 bits per heavy atom. The summed E-state index contributed by atoms with van der Waals surface area (Å²) in [4.78, 5) is 0. The molecule has 0 saturated carbocycles. The number of rotatable bonds is 13. The van der Waals surface area contributed by atoms with Crippen molar-refractivity contribution in [3.63, 3.8) is 0 Å². The number of hydrogen-bond donors (Lipinski definition) is 0. The molecule has 0 atom stereocenters. The van der Waals surface area contributed by atoms with E-state index in [0.717, 1.165) is 10.9 Å². The number of nitrogens with zero attached hydrogens (tertiary/aromatic N) is 1. The van der Waals surface area contributed by atoms with Gasteiger partial charge in [0.05, 0.1) is 26.8 Å². The summed E-state index contributed by atoms with van der Waals surface area (Å²) in [5.41, 5.74) is 0. The summed E-state index contributed by atoms with van der Waals surface area (Å²) in [6, 6.07) is 0. The lowest BCUT2D eigenvalue weighted by molar-refractivity contribution is -0.839. The molecule has 2 heteroatoms. The third-order valence-electron chi connectivity index (χ3n) is 3.83. The van der Waals surface area contributed by atoms with Gasteiger partial charge in [-0.25, -0.2) is 0 Å². The van der Waals surface area contributed by atoms with Crippen LogP contribution < -0.4 is 12.4 Å². The maximum Gasteiger partial charge on any atom is 0.0913 e. The van der Waals surface area contributed by atoms with E-state index in [1.807, 2.05) is 0 Å². The lowest BCUT2D eigenvalue weighted by Crippen LogP contribution is -3.00. The summed E-state index contributed by atoms with van der Waals surface area (Å²) in [5, 5.41) is 0. The Morgan fingerprint density at radius 3 is 1.60 bits per heavy atom. The fraction of sp³-hybridized carbons (Fsp3) is 0.889. The van der Waals surface area contributed by atoms with Gasteiger partial charge in [-0.1, -0.05) is 65.2 Å². The van der Waals surface area contributed by atoms with E-state index in [1.165, 1.54) is 70.8 Å². The summed E-state index contributed by atoms with van der Waals surface area (Å²) < 4.78 is 1.05. The Hall–Kier alpha value is -0.0100. The minimum Gasteiger partial charge on any atom is -1.00 e. The van der Waals surface area contributed by atoms with Crippen LogP contribution in [0.3, 0.4) is 0 Å². The topological polar surface area (TPSA) is 0 Å². The highest BCUT2D eigenvalue weighted by molar-refractivity contribution is 4.71. The summed E-state index contributed by atoms with van der Waals surface area (Å²) in [6.07, 6.45) is 20.1. The van der Waals surface area contributed by atoms with Crippen LogP contribution in [0, 0.1) is 0 Å². The van der Waals surface area contributed by atoms with Crippen molar-refractivity contribution in [2.24, 2.45) is 0 Å².